The van der Waals surface area contributed by atoms with Gasteiger partial charge in [0.1, 0.15) is 5.01 Å². The molecule has 0 aromatic carbocycles. The van der Waals surface area contributed by atoms with Gasteiger partial charge in [0, 0.05) is 18.1 Å². The van der Waals surface area contributed by atoms with Gasteiger partial charge in [0.25, 0.3) is 0 Å². The average molecular weight is 210 g/mol. The Morgan fingerprint density at radius 2 is 2.50 bits per heavy atom. The number of nitrogens with zero attached hydrogens (tertiary/aromatic N) is 2. The summed E-state index contributed by atoms with van der Waals surface area (Å²) in [7, 11) is 0. The SMILES string of the molecule is CC(C)[C@H]1CCN(Cc2nccs2)C1. The third kappa shape index (κ3) is 2.34. The molecule has 1 saturated heterocycles. The highest BCUT2D eigenvalue weighted by Gasteiger charge is 2.24. The normalized spacial score (nSPS) is 23.5. The third-order valence-electron chi connectivity index (χ3n) is 3.09. The molecule has 2 heterocycles. The zero-order valence-corrected chi connectivity index (χ0v) is 9.76. The van der Waals surface area contributed by atoms with Crippen molar-refractivity contribution in [2.45, 2.75) is 26.8 Å². The van der Waals surface area contributed by atoms with Crippen molar-refractivity contribution in [2.75, 3.05) is 13.1 Å². The lowest BCUT2D eigenvalue weighted by Gasteiger charge is -2.16. The largest absolute Gasteiger partial charge is 0.296 e. The summed E-state index contributed by atoms with van der Waals surface area (Å²) in [5, 5.41) is 3.32. The van der Waals surface area contributed by atoms with Gasteiger partial charge in [-0.15, -0.1) is 11.3 Å². The van der Waals surface area contributed by atoms with Crippen molar-refractivity contribution in [3.8, 4) is 0 Å². The quantitative estimate of drug-likeness (QED) is 0.762. The van der Waals surface area contributed by atoms with E-state index in [0.29, 0.717) is 0 Å². The molecule has 0 amide bonds. The Balaban J connectivity index is 1.84. The second kappa shape index (κ2) is 4.41. The maximum atomic E-state index is 4.33. The van der Waals surface area contributed by atoms with Crippen LogP contribution in [0.1, 0.15) is 25.3 Å². The van der Waals surface area contributed by atoms with Gasteiger partial charge in [-0.2, -0.15) is 0 Å². The van der Waals surface area contributed by atoms with Crippen LogP contribution in [-0.4, -0.2) is 23.0 Å². The Kier molecular flexibility index (Phi) is 3.19. The number of likely N-dealkylation sites (tertiary alicyclic amines) is 1. The summed E-state index contributed by atoms with van der Waals surface area (Å²) < 4.78 is 0. The minimum Gasteiger partial charge on any atom is -0.296 e. The van der Waals surface area contributed by atoms with Gasteiger partial charge in [0.15, 0.2) is 0 Å². The smallest absolute Gasteiger partial charge is 0.107 e. The number of aromatic nitrogens is 1. The van der Waals surface area contributed by atoms with Crippen molar-refractivity contribution < 1.29 is 0 Å². The summed E-state index contributed by atoms with van der Waals surface area (Å²) in [6.07, 6.45) is 3.26. The molecule has 1 aliphatic heterocycles. The second-order valence-corrected chi connectivity index (χ2v) is 5.43. The van der Waals surface area contributed by atoms with E-state index in [1.807, 2.05) is 6.20 Å². The zero-order valence-electron chi connectivity index (χ0n) is 8.94. The minimum absolute atomic E-state index is 0.830. The number of hydrogen-bond donors (Lipinski definition) is 0. The first kappa shape index (κ1) is 10.1. The highest BCUT2D eigenvalue weighted by atomic mass is 32.1. The minimum atomic E-state index is 0.830. The molecule has 0 N–H and O–H groups in total. The van der Waals surface area contributed by atoms with Gasteiger partial charge in [-0.1, -0.05) is 13.8 Å². The summed E-state index contributed by atoms with van der Waals surface area (Å²) in [6, 6.07) is 0. The van der Waals surface area contributed by atoms with E-state index in [-0.39, 0.29) is 0 Å². The highest BCUT2D eigenvalue weighted by Crippen LogP contribution is 2.25. The molecule has 1 fully saturated rings. The molecule has 1 atom stereocenters. The van der Waals surface area contributed by atoms with Crippen LogP contribution in [0.3, 0.4) is 0 Å². The fourth-order valence-corrected chi connectivity index (χ4v) is 2.73. The van der Waals surface area contributed by atoms with Crippen molar-refractivity contribution in [1.29, 1.82) is 0 Å². The van der Waals surface area contributed by atoms with Crippen LogP contribution in [0, 0.1) is 11.8 Å². The van der Waals surface area contributed by atoms with E-state index < -0.39 is 0 Å². The standard InChI is InChI=1S/C11H18N2S/c1-9(2)10-3-5-13(7-10)8-11-12-4-6-14-11/h4,6,9-10H,3,5,7-8H2,1-2H3/t10-/m0/s1. The predicted molar refractivity (Wildman–Crippen MR) is 60.3 cm³/mol. The van der Waals surface area contributed by atoms with Crippen LogP contribution in [0.2, 0.25) is 0 Å². The highest BCUT2D eigenvalue weighted by molar-refractivity contribution is 7.09. The summed E-state index contributed by atoms with van der Waals surface area (Å²) in [5.41, 5.74) is 0. The molecular weight excluding hydrogens is 192 g/mol. The maximum absolute atomic E-state index is 4.33. The van der Waals surface area contributed by atoms with Crippen molar-refractivity contribution >= 4 is 11.3 Å². The molecule has 2 rings (SSSR count). The lowest BCUT2D eigenvalue weighted by Crippen LogP contribution is -2.21. The molecule has 0 bridgehead atoms. The van der Waals surface area contributed by atoms with Crippen LogP contribution >= 0.6 is 11.3 Å². The van der Waals surface area contributed by atoms with Gasteiger partial charge in [-0.3, -0.25) is 4.90 Å². The van der Waals surface area contributed by atoms with Crippen molar-refractivity contribution in [1.82, 2.24) is 9.88 Å². The molecule has 0 spiro atoms. The van der Waals surface area contributed by atoms with Crippen LogP contribution in [-0.2, 0) is 6.54 Å². The van der Waals surface area contributed by atoms with Gasteiger partial charge in [-0.05, 0) is 24.8 Å². The Hall–Kier alpha value is -0.410. The van der Waals surface area contributed by atoms with Crippen molar-refractivity contribution in [3.63, 3.8) is 0 Å². The van der Waals surface area contributed by atoms with Gasteiger partial charge in [0.05, 0.1) is 6.54 Å². The van der Waals surface area contributed by atoms with Crippen LogP contribution in [0.4, 0.5) is 0 Å². The Bertz CT molecular complexity index is 269. The van der Waals surface area contributed by atoms with E-state index in [1.165, 1.54) is 24.5 Å². The first-order valence-electron chi connectivity index (χ1n) is 5.36. The first-order valence-corrected chi connectivity index (χ1v) is 6.24. The Labute approximate surface area is 90.0 Å². The Morgan fingerprint density at radius 3 is 3.07 bits per heavy atom. The zero-order chi connectivity index (χ0) is 9.97. The maximum Gasteiger partial charge on any atom is 0.107 e. The molecule has 0 unspecified atom stereocenters. The molecule has 0 saturated carbocycles. The molecule has 0 aliphatic carbocycles. The summed E-state index contributed by atoms with van der Waals surface area (Å²) >= 11 is 1.77. The summed E-state index contributed by atoms with van der Waals surface area (Å²) in [6.45, 7) is 8.23. The van der Waals surface area contributed by atoms with Crippen LogP contribution in [0.25, 0.3) is 0 Å². The topological polar surface area (TPSA) is 16.1 Å². The van der Waals surface area contributed by atoms with Crippen LogP contribution < -0.4 is 0 Å². The van der Waals surface area contributed by atoms with Crippen molar-refractivity contribution in [3.05, 3.63) is 16.6 Å². The van der Waals surface area contributed by atoms with Crippen molar-refractivity contribution in [2.24, 2.45) is 11.8 Å². The van der Waals surface area contributed by atoms with E-state index in [0.717, 1.165) is 18.4 Å². The van der Waals surface area contributed by atoms with Crippen LogP contribution in [0.15, 0.2) is 11.6 Å². The fraction of sp³-hybridized carbons (Fsp3) is 0.727. The molecule has 1 aromatic heterocycles. The number of rotatable bonds is 3. The summed E-state index contributed by atoms with van der Waals surface area (Å²) in [5.74, 6) is 1.73. The second-order valence-electron chi connectivity index (χ2n) is 4.45. The Morgan fingerprint density at radius 1 is 1.64 bits per heavy atom. The van der Waals surface area contributed by atoms with E-state index in [9.17, 15) is 0 Å². The number of hydrogen-bond acceptors (Lipinski definition) is 3. The van der Waals surface area contributed by atoms with Gasteiger partial charge < -0.3 is 0 Å². The monoisotopic (exact) mass is 210 g/mol. The molecule has 78 valence electrons. The molecular formula is C11H18N2S. The predicted octanol–water partition coefficient (Wildman–Crippen LogP) is 2.62. The van der Waals surface area contributed by atoms with Crippen LogP contribution in [0.5, 0.6) is 0 Å². The fourth-order valence-electron chi connectivity index (χ4n) is 2.07. The molecule has 1 aromatic rings. The summed E-state index contributed by atoms with van der Waals surface area (Å²) in [4.78, 5) is 6.86. The molecule has 3 heteroatoms. The molecule has 2 nitrogen and oxygen atoms in total. The lowest BCUT2D eigenvalue weighted by atomic mass is 9.95. The van der Waals surface area contributed by atoms with E-state index in [4.69, 9.17) is 0 Å². The molecule has 0 radical (unpaired) electrons. The van der Waals surface area contributed by atoms with E-state index in [1.54, 1.807) is 11.3 Å². The molecule has 1 aliphatic rings. The first-order chi connectivity index (χ1) is 6.75. The lowest BCUT2D eigenvalue weighted by molar-refractivity contribution is 0.296. The average Bonchev–Trinajstić information content (AvgIpc) is 2.75. The van der Waals surface area contributed by atoms with Gasteiger partial charge in [-0.25, -0.2) is 4.98 Å². The van der Waals surface area contributed by atoms with Gasteiger partial charge >= 0.3 is 0 Å². The molecule has 14 heavy (non-hydrogen) atoms. The van der Waals surface area contributed by atoms with E-state index in [2.05, 4.69) is 29.1 Å². The third-order valence-corrected chi connectivity index (χ3v) is 3.86. The number of thiazole rings is 1. The van der Waals surface area contributed by atoms with Gasteiger partial charge in [0.2, 0.25) is 0 Å². The van der Waals surface area contributed by atoms with E-state index >= 15 is 0 Å².